The van der Waals surface area contributed by atoms with E-state index in [1.807, 2.05) is 49.4 Å². The smallest absolute Gasteiger partial charge is 0.250 e. The molecule has 0 saturated heterocycles. The number of nitrogens with zero attached hydrogens (tertiary/aromatic N) is 1. The molecule has 134 valence electrons. The molecule has 0 bridgehead atoms. The Balaban J connectivity index is 1.94. The molecule has 0 saturated carbocycles. The van der Waals surface area contributed by atoms with Crippen molar-refractivity contribution in [3.05, 3.63) is 75.9 Å². The molecule has 0 spiro atoms. The molecule has 0 atom stereocenters. The summed E-state index contributed by atoms with van der Waals surface area (Å²) < 4.78 is 8.36. The minimum atomic E-state index is -0.401. The van der Waals surface area contributed by atoms with Gasteiger partial charge < -0.3 is 15.0 Å². The molecular formula is C21H21BrN2O2. The fourth-order valence-electron chi connectivity index (χ4n) is 3.10. The topological polar surface area (TPSA) is 57.2 Å². The lowest BCUT2D eigenvalue weighted by atomic mass is 10.1. The number of primary amides is 1. The number of aryl methyl sites for hydroxylation is 1. The molecule has 0 aliphatic carbocycles. The third-order valence-corrected chi connectivity index (χ3v) is 5.03. The molecule has 0 aliphatic heterocycles. The highest BCUT2D eigenvalue weighted by Gasteiger charge is 2.16. The average molecular weight is 413 g/mol. The van der Waals surface area contributed by atoms with E-state index in [9.17, 15) is 4.79 Å². The summed E-state index contributed by atoms with van der Waals surface area (Å²) in [7, 11) is 1.66. The molecule has 5 heteroatoms. The van der Waals surface area contributed by atoms with E-state index in [0.29, 0.717) is 5.56 Å². The summed E-state index contributed by atoms with van der Waals surface area (Å²) in [5, 5.41) is 0. The molecule has 1 heterocycles. The van der Waals surface area contributed by atoms with Crippen LogP contribution in [0.25, 0.3) is 11.3 Å². The van der Waals surface area contributed by atoms with Gasteiger partial charge in [-0.3, -0.25) is 4.79 Å². The first-order valence-electron chi connectivity index (χ1n) is 8.38. The third-order valence-electron chi connectivity index (χ3n) is 4.54. The van der Waals surface area contributed by atoms with Crippen LogP contribution in [0.15, 0.2) is 59.1 Å². The number of rotatable bonds is 6. The van der Waals surface area contributed by atoms with Crippen molar-refractivity contribution in [1.29, 1.82) is 0 Å². The maximum atomic E-state index is 11.8. The molecule has 2 aromatic carbocycles. The van der Waals surface area contributed by atoms with E-state index in [0.717, 1.165) is 40.1 Å². The molecule has 1 amide bonds. The normalized spacial score (nSPS) is 10.7. The molecule has 3 rings (SSSR count). The maximum absolute atomic E-state index is 11.8. The van der Waals surface area contributed by atoms with E-state index in [4.69, 9.17) is 10.5 Å². The van der Waals surface area contributed by atoms with Gasteiger partial charge in [0.1, 0.15) is 5.75 Å². The van der Waals surface area contributed by atoms with Crippen molar-refractivity contribution in [2.75, 3.05) is 7.11 Å². The monoisotopic (exact) mass is 412 g/mol. The summed E-state index contributed by atoms with van der Waals surface area (Å²) >= 11 is 3.51. The molecule has 3 aromatic rings. The zero-order valence-electron chi connectivity index (χ0n) is 14.8. The van der Waals surface area contributed by atoms with Crippen molar-refractivity contribution in [1.82, 2.24) is 4.57 Å². The Bertz CT molecular complexity index is 930. The van der Waals surface area contributed by atoms with Gasteiger partial charge >= 0.3 is 0 Å². The summed E-state index contributed by atoms with van der Waals surface area (Å²) in [6.07, 6.45) is 0.846. The number of hydrogen-bond donors (Lipinski definition) is 1. The second-order valence-electron chi connectivity index (χ2n) is 6.15. The van der Waals surface area contributed by atoms with Gasteiger partial charge in [-0.1, -0.05) is 40.2 Å². The van der Waals surface area contributed by atoms with Crippen LogP contribution in [0, 0.1) is 6.92 Å². The molecule has 2 N–H and O–H groups in total. The summed E-state index contributed by atoms with van der Waals surface area (Å²) in [5.74, 6) is 0.443. The summed E-state index contributed by atoms with van der Waals surface area (Å²) in [4.78, 5) is 11.8. The van der Waals surface area contributed by atoms with Gasteiger partial charge in [-0.05, 0) is 54.8 Å². The number of carbonyl (C=O) groups excluding carboxylic acids is 1. The Hall–Kier alpha value is -2.53. The maximum Gasteiger partial charge on any atom is 0.250 e. The van der Waals surface area contributed by atoms with E-state index in [1.165, 1.54) is 5.56 Å². The van der Waals surface area contributed by atoms with Gasteiger partial charge in [0.15, 0.2) is 0 Å². The van der Waals surface area contributed by atoms with Crippen LogP contribution in [-0.4, -0.2) is 17.6 Å². The van der Waals surface area contributed by atoms with Crippen LogP contribution < -0.4 is 10.5 Å². The van der Waals surface area contributed by atoms with E-state index in [-0.39, 0.29) is 0 Å². The van der Waals surface area contributed by atoms with Gasteiger partial charge in [0.25, 0.3) is 5.91 Å². The first kappa shape index (κ1) is 18.3. The second-order valence-corrected chi connectivity index (χ2v) is 7.07. The van der Waals surface area contributed by atoms with Gasteiger partial charge in [-0.15, -0.1) is 0 Å². The predicted molar refractivity (Wildman–Crippen MR) is 108 cm³/mol. The Kier molecular flexibility index (Phi) is 5.47. The van der Waals surface area contributed by atoms with E-state index in [1.54, 1.807) is 7.11 Å². The van der Waals surface area contributed by atoms with Crippen LogP contribution in [0.3, 0.4) is 0 Å². The standard InChI is InChI=1S/C21H21BrN2O2/c1-14-19(21(23)25)13-20(16-4-3-5-17(22)12-16)24(14)11-10-15-6-8-18(26-2)9-7-15/h3-9,12-13H,10-11H2,1-2H3,(H2,23,25). The van der Waals surface area contributed by atoms with Gasteiger partial charge in [0.2, 0.25) is 0 Å². The van der Waals surface area contributed by atoms with Crippen molar-refractivity contribution in [3.8, 4) is 17.0 Å². The number of amides is 1. The lowest BCUT2D eigenvalue weighted by molar-refractivity contribution is 0.0999. The first-order valence-corrected chi connectivity index (χ1v) is 9.17. The Morgan fingerprint density at radius 2 is 1.88 bits per heavy atom. The number of halogens is 1. The van der Waals surface area contributed by atoms with Crippen LogP contribution >= 0.6 is 15.9 Å². The molecule has 0 radical (unpaired) electrons. The number of benzene rings is 2. The minimum Gasteiger partial charge on any atom is -0.497 e. The predicted octanol–water partition coefficient (Wildman–Crippen LogP) is 4.58. The van der Waals surface area contributed by atoms with Crippen LogP contribution in [0.2, 0.25) is 0 Å². The van der Waals surface area contributed by atoms with E-state index < -0.39 is 5.91 Å². The summed E-state index contributed by atoms with van der Waals surface area (Å²) in [5.41, 5.74) is 10.3. The van der Waals surface area contributed by atoms with E-state index in [2.05, 4.69) is 32.6 Å². The Labute approximate surface area is 161 Å². The number of nitrogens with two attached hydrogens (primary N) is 1. The highest BCUT2D eigenvalue weighted by Crippen LogP contribution is 2.28. The highest BCUT2D eigenvalue weighted by molar-refractivity contribution is 9.10. The van der Waals surface area contributed by atoms with Gasteiger partial charge in [0.05, 0.1) is 12.7 Å². The third kappa shape index (κ3) is 3.83. The largest absolute Gasteiger partial charge is 0.497 e. The Morgan fingerprint density at radius 1 is 1.15 bits per heavy atom. The lowest BCUT2D eigenvalue weighted by Gasteiger charge is -2.13. The average Bonchev–Trinajstić information content (AvgIpc) is 2.97. The van der Waals surface area contributed by atoms with E-state index >= 15 is 0 Å². The number of ether oxygens (including phenoxy) is 1. The van der Waals surface area contributed by atoms with Crippen LogP contribution in [-0.2, 0) is 13.0 Å². The molecule has 0 fully saturated rings. The quantitative estimate of drug-likeness (QED) is 0.644. The highest BCUT2D eigenvalue weighted by atomic mass is 79.9. The zero-order chi connectivity index (χ0) is 18.7. The van der Waals surface area contributed by atoms with Gasteiger partial charge in [-0.25, -0.2) is 0 Å². The molecule has 26 heavy (non-hydrogen) atoms. The molecular weight excluding hydrogens is 392 g/mol. The molecule has 0 aliphatic rings. The zero-order valence-corrected chi connectivity index (χ0v) is 16.4. The van der Waals surface area contributed by atoms with Crippen molar-refractivity contribution < 1.29 is 9.53 Å². The summed E-state index contributed by atoms with van der Waals surface area (Å²) in [6.45, 7) is 2.70. The van der Waals surface area contributed by atoms with Crippen LogP contribution in [0.5, 0.6) is 5.75 Å². The number of carbonyl (C=O) groups is 1. The number of hydrogen-bond acceptors (Lipinski definition) is 2. The van der Waals surface area contributed by atoms with Crippen LogP contribution in [0.4, 0.5) is 0 Å². The lowest BCUT2D eigenvalue weighted by Crippen LogP contribution is -2.13. The van der Waals surface area contributed by atoms with Crippen molar-refractivity contribution in [2.45, 2.75) is 19.9 Å². The van der Waals surface area contributed by atoms with Gasteiger partial charge in [-0.2, -0.15) is 0 Å². The molecule has 1 aromatic heterocycles. The fraction of sp³-hybridized carbons (Fsp3) is 0.190. The number of aromatic nitrogens is 1. The first-order chi connectivity index (χ1) is 12.5. The summed E-state index contributed by atoms with van der Waals surface area (Å²) in [6, 6.07) is 18.0. The minimum absolute atomic E-state index is 0.401. The van der Waals surface area contributed by atoms with Crippen molar-refractivity contribution in [2.24, 2.45) is 5.73 Å². The van der Waals surface area contributed by atoms with Gasteiger partial charge in [0, 0.05) is 22.4 Å². The number of methoxy groups -OCH3 is 1. The SMILES string of the molecule is COc1ccc(CCn2c(-c3cccc(Br)c3)cc(C(N)=O)c2C)cc1. The van der Waals surface area contributed by atoms with Crippen molar-refractivity contribution >= 4 is 21.8 Å². The second kappa shape index (κ2) is 7.79. The Morgan fingerprint density at radius 3 is 2.50 bits per heavy atom. The van der Waals surface area contributed by atoms with Crippen molar-refractivity contribution in [3.63, 3.8) is 0 Å². The van der Waals surface area contributed by atoms with Crippen LogP contribution in [0.1, 0.15) is 21.6 Å². The fourth-order valence-corrected chi connectivity index (χ4v) is 3.50. The molecule has 4 nitrogen and oxygen atoms in total. The molecule has 0 unspecified atom stereocenters.